The molecule has 13 heavy (non-hydrogen) atoms. The Morgan fingerprint density at radius 1 is 1.46 bits per heavy atom. The molecule has 0 atom stereocenters. The molecule has 1 heterocycles. The van der Waals surface area contributed by atoms with Crippen molar-refractivity contribution in [1.29, 1.82) is 0 Å². The molecule has 0 unspecified atom stereocenters. The maximum atomic E-state index is 6.04. The number of aromatic amines is 1. The first-order valence-corrected chi connectivity index (χ1v) is 5.05. The molecular formula is C9H8BrClN2. The van der Waals surface area contributed by atoms with Gasteiger partial charge >= 0.3 is 0 Å². The molecule has 0 aliphatic heterocycles. The van der Waals surface area contributed by atoms with E-state index in [9.17, 15) is 0 Å². The van der Waals surface area contributed by atoms with E-state index in [2.05, 4.69) is 20.9 Å². The van der Waals surface area contributed by atoms with E-state index in [1.807, 2.05) is 18.2 Å². The summed E-state index contributed by atoms with van der Waals surface area (Å²) >= 11 is 9.51. The van der Waals surface area contributed by atoms with Crippen molar-refractivity contribution >= 4 is 38.4 Å². The minimum atomic E-state index is 0.478. The summed E-state index contributed by atoms with van der Waals surface area (Å²) in [6, 6.07) is 5.75. The molecule has 0 aliphatic rings. The third-order valence-corrected chi connectivity index (χ3v) is 3.18. The number of halogens is 2. The van der Waals surface area contributed by atoms with Crippen molar-refractivity contribution in [2.45, 2.75) is 6.54 Å². The normalized spacial score (nSPS) is 11.0. The van der Waals surface area contributed by atoms with Gasteiger partial charge in [0.2, 0.25) is 0 Å². The zero-order valence-corrected chi connectivity index (χ0v) is 9.11. The molecule has 4 heteroatoms. The molecule has 1 aromatic heterocycles. The Bertz CT molecular complexity index is 450. The predicted octanol–water partition coefficient (Wildman–Crippen LogP) is 3.04. The standard InChI is InChI=1S/C9H8BrClN2/c10-9-7(4-12)13-6-3-1-2-5(11)8(6)9/h1-3,13H,4,12H2. The Morgan fingerprint density at radius 2 is 2.23 bits per heavy atom. The zero-order chi connectivity index (χ0) is 9.42. The van der Waals surface area contributed by atoms with Crippen molar-refractivity contribution in [1.82, 2.24) is 4.98 Å². The van der Waals surface area contributed by atoms with Crippen molar-refractivity contribution in [3.05, 3.63) is 33.4 Å². The quantitative estimate of drug-likeness (QED) is 0.812. The molecule has 0 fully saturated rings. The van der Waals surface area contributed by atoms with Crippen LogP contribution in [0.5, 0.6) is 0 Å². The topological polar surface area (TPSA) is 41.8 Å². The maximum absolute atomic E-state index is 6.04. The van der Waals surface area contributed by atoms with E-state index < -0.39 is 0 Å². The van der Waals surface area contributed by atoms with E-state index in [0.29, 0.717) is 6.54 Å². The van der Waals surface area contributed by atoms with E-state index in [1.165, 1.54) is 0 Å². The average Bonchev–Trinajstić information content (AvgIpc) is 2.44. The summed E-state index contributed by atoms with van der Waals surface area (Å²) in [6.07, 6.45) is 0. The molecule has 0 saturated carbocycles. The van der Waals surface area contributed by atoms with Gasteiger partial charge in [0.15, 0.2) is 0 Å². The van der Waals surface area contributed by atoms with Crippen LogP contribution < -0.4 is 5.73 Å². The van der Waals surface area contributed by atoms with Crippen LogP contribution in [-0.4, -0.2) is 4.98 Å². The van der Waals surface area contributed by atoms with Gasteiger partial charge in [0, 0.05) is 27.6 Å². The lowest BCUT2D eigenvalue weighted by molar-refractivity contribution is 1.01. The van der Waals surface area contributed by atoms with E-state index in [1.54, 1.807) is 0 Å². The highest BCUT2D eigenvalue weighted by Gasteiger charge is 2.09. The van der Waals surface area contributed by atoms with Crippen LogP contribution in [0.25, 0.3) is 10.9 Å². The highest BCUT2D eigenvalue weighted by Crippen LogP contribution is 2.32. The molecule has 3 N–H and O–H groups in total. The van der Waals surface area contributed by atoms with Gasteiger partial charge in [-0.3, -0.25) is 0 Å². The van der Waals surface area contributed by atoms with Gasteiger partial charge in [0.1, 0.15) is 0 Å². The van der Waals surface area contributed by atoms with Crippen LogP contribution in [0, 0.1) is 0 Å². The van der Waals surface area contributed by atoms with Crippen molar-refractivity contribution in [2.24, 2.45) is 5.73 Å². The SMILES string of the molecule is NCc1[nH]c2cccc(Cl)c2c1Br. The van der Waals surface area contributed by atoms with E-state index in [4.69, 9.17) is 17.3 Å². The van der Waals surface area contributed by atoms with Crippen molar-refractivity contribution < 1.29 is 0 Å². The van der Waals surface area contributed by atoms with Crippen LogP contribution >= 0.6 is 27.5 Å². The number of rotatable bonds is 1. The number of nitrogens with two attached hydrogens (primary N) is 1. The summed E-state index contributed by atoms with van der Waals surface area (Å²) in [6.45, 7) is 0.478. The van der Waals surface area contributed by atoms with Gasteiger partial charge in [-0.1, -0.05) is 17.7 Å². The zero-order valence-electron chi connectivity index (χ0n) is 6.77. The lowest BCUT2D eigenvalue weighted by Gasteiger charge is -1.93. The van der Waals surface area contributed by atoms with Gasteiger partial charge in [0.25, 0.3) is 0 Å². The Kier molecular flexibility index (Phi) is 2.32. The number of hydrogen-bond acceptors (Lipinski definition) is 1. The first kappa shape index (κ1) is 9.06. The molecule has 2 rings (SSSR count). The molecule has 1 aromatic carbocycles. The largest absolute Gasteiger partial charge is 0.356 e. The first-order chi connectivity index (χ1) is 6.24. The highest BCUT2D eigenvalue weighted by molar-refractivity contribution is 9.10. The Labute approximate surface area is 89.2 Å². The van der Waals surface area contributed by atoms with Crippen molar-refractivity contribution in [2.75, 3.05) is 0 Å². The number of hydrogen-bond donors (Lipinski definition) is 2. The van der Waals surface area contributed by atoms with Crippen LogP contribution in [-0.2, 0) is 6.54 Å². The smallest absolute Gasteiger partial charge is 0.0511 e. The van der Waals surface area contributed by atoms with Crippen LogP contribution in [0.1, 0.15) is 5.69 Å². The molecule has 0 spiro atoms. The first-order valence-electron chi connectivity index (χ1n) is 3.88. The third kappa shape index (κ3) is 1.37. The summed E-state index contributed by atoms with van der Waals surface area (Å²) < 4.78 is 0.968. The molecule has 2 aromatic rings. The molecule has 2 nitrogen and oxygen atoms in total. The average molecular weight is 260 g/mol. The monoisotopic (exact) mass is 258 g/mol. The van der Waals surface area contributed by atoms with Crippen LogP contribution in [0.15, 0.2) is 22.7 Å². The fraction of sp³-hybridized carbons (Fsp3) is 0.111. The number of benzene rings is 1. The van der Waals surface area contributed by atoms with Crippen LogP contribution in [0.4, 0.5) is 0 Å². The van der Waals surface area contributed by atoms with E-state index >= 15 is 0 Å². The van der Waals surface area contributed by atoms with Crippen LogP contribution in [0.3, 0.4) is 0 Å². The summed E-state index contributed by atoms with van der Waals surface area (Å²) in [5, 5.41) is 1.74. The second kappa shape index (κ2) is 3.33. The number of aromatic nitrogens is 1. The van der Waals surface area contributed by atoms with E-state index in [0.717, 1.165) is 26.1 Å². The summed E-state index contributed by atoms with van der Waals surface area (Å²) in [5.74, 6) is 0. The van der Waals surface area contributed by atoms with Gasteiger partial charge < -0.3 is 10.7 Å². The van der Waals surface area contributed by atoms with E-state index in [-0.39, 0.29) is 0 Å². The lowest BCUT2D eigenvalue weighted by atomic mass is 10.2. The van der Waals surface area contributed by atoms with Gasteiger partial charge in [-0.15, -0.1) is 0 Å². The number of H-pyrrole nitrogens is 1. The fourth-order valence-corrected chi connectivity index (χ4v) is 2.43. The third-order valence-electron chi connectivity index (χ3n) is 1.99. The van der Waals surface area contributed by atoms with Crippen LogP contribution in [0.2, 0.25) is 5.02 Å². The molecule has 0 radical (unpaired) electrons. The summed E-state index contributed by atoms with van der Waals surface area (Å²) in [7, 11) is 0. The molecular weight excluding hydrogens is 251 g/mol. The predicted molar refractivity (Wildman–Crippen MR) is 58.9 cm³/mol. The maximum Gasteiger partial charge on any atom is 0.0511 e. The summed E-state index contributed by atoms with van der Waals surface area (Å²) in [5.41, 5.74) is 7.55. The Hall–Kier alpha value is -0.510. The lowest BCUT2D eigenvalue weighted by Crippen LogP contribution is -1.96. The van der Waals surface area contributed by atoms with Gasteiger partial charge in [-0.05, 0) is 28.1 Å². The Morgan fingerprint density at radius 3 is 2.85 bits per heavy atom. The molecule has 0 bridgehead atoms. The van der Waals surface area contributed by atoms with Crippen molar-refractivity contribution in [3.63, 3.8) is 0 Å². The van der Waals surface area contributed by atoms with Gasteiger partial charge in [-0.2, -0.15) is 0 Å². The second-order valence-electron chi connectivity index (χ2n) is 2.78. The van der Waals surface area contributed by atoms with Crippen molar-refractivity contribution in [3.8, 4) is 0 Å². The molecule has 0 saturated heterocycles. The minimum Gasteiger partial charge on any atom is -0.356 e. The second-order valence-corrected chi connectivity index (χ2v) is 3.98. The number of nitrogens with one attached hydrogen (secondary N) is 1. The molecule has 0 amide bonds. The molecule has 68 valence electrons. The van der Waals surface area contributed by atoms with Gasteiger partial charge in [-0.25, -0.2) is 0 Å². The highest BCUT2D eigenvalue weighted by atomic mass is 79.9. The van der Waals surface area contributed by atoms with Gasteiger partial charge in [0.05, 0.1) is 5.02 Å². The summed E-state index contributed by atoms with van der Waals surface area (Å²) in [4.78, 5) is 3.20. The molecule has 0 aliphatic carbocycles. The Balaban J connectivity index is 2.85. The minimum absolute atomic E-state index is 0.478. The fourth-order valence-electron chi connectivity index (χ4n) is 1.36. The number of fused-ring (bicyclic) bond motifs is 1.